The summed E-state index contributed by atoms with van der Waals surface area (Å²) in [6, 6.07) is 7.81. The number of aliphatic imine (C=N–C) groups is 1. The number of benzene rings is 1. The third kappa shape index (κ3) is 3.82. The van der Waals surface area contributed by atoms with Gasteiger partial charge in [-0.15, -0.1) is 0 Å². The molecule has 4 rings (SSSR count). The summed E-state index contributed by atoms with van der Waals surface area (Å²) in [5.41, 5.74) is 6.80. The van der Waals surface area contributed by atoms with E-state index in [2.05, 4.69) is 10.3 Å². The van der Waals surface area contributed by atoms with Gasteiger partial charge in [0.25, 0.3) is 0 Å². The van der Waals surface area contributed by atoms with Crippen molar-refractivity contribution in [1.82, 2.24) is 10.2 Å². The molecule has 0 saturated heterocycles. The first-order valence-corrected chi connectivity index (χ1v) is 10.6. The number of hydrogen-bond acceptors (Lipinski definition) is 5. The highest BCUT2D eigenvalue weighted by atomic mass is 16.5. The van der Waals surface area contributed by atoms with Gasteiger partial charge in [-0.2, -0.15) is 0 Å². The van der Waals surface area contributed by atoms with Crippen LogP contribution >= 0.6 is 0 Å². The summed E-state index contributed by atoms with van der Waals surface area (Å²) in [6.07, 6.45) is 3.53. The van der Waals surface area contributed by atoms with E-state index in [0.29, 0.717) is 25.5 Å². The van der Waals surface area contributed by atoms with E-state index in [1.165, 1.54) is 0 Å². The van der Waals surface area contributed by atoms with Gasteiger partial charge in [-0.25, -0.2) is 4.99 Å². The van der Waals surface area contributed by atoms with E-state index in [-0.39, 0.29) is 35.2 Å². The zero-order valence-corrected chi connectivity index (χ0v) is 17.2. The van der Waals surface area contributed by atoms with Gasteiger partial charge in [-0.1, -0.05) is 32.0 Å². The van der Waals surface area contributed by atoms with Gasteiger partial charge in [-0.3, -0.25) is 14.5 Å². The Morgan fingerprint density at radius 1 is 1.34 bits per heavy atom. The van der Waals surface area contributed by atoms with Gasteiger partial charge in [0, 0.05) is 24.4 Å². The highest BCUT2D eigenvalue weighted by molar-refractivity contribution is 5.99. The second-order valence-electron chi connectivity index (χ2n) is 8.42. The number of nitrogens with two attached hydrogens (primary N) is 1. The average Bonchev–Trinajstić information content (AvgIpc) is 3.50. The normalized spacial score (nSPS) is 27.5. The second-order valence-corrected chi connectivity index (χ2v) is 8.42. The van der Waals surface area contributed by atoms with Crippen LogP contribution in [0.1, 0.15) is 57.6 Å². The molecule has 1 saturated carbocycles. The lowest BCUT2D eigenvalue weighted by Crippen LogP contribution is -2.52. The standard InChI is InChI=1S/C22H30N4O3/c1-3-22(4-2)12-19(27)26(21(23)25-22)13-14-11-16(14)20(28)24-17-9-10-29-18-8-6-5-7-15(17)18/h5-8,14,16-17H,3-4,9-13H2,1-2H3,(H2,23,25)(H,24,28)/t14?,16-,17+/m1/s1. The molecule has 2 aliphatic heterocycles. The lowest BCUT2D eigenvalue weighted by molar-refractivity contribution is -0.130. The monoisotopic (exact) mass is 398 g/mol. The van der Waals surface area contributed by atoms with E-state index in [1.54, 1.807) is 4.90 Å². The van der Waals surface area contributed by atoms with E-state index in [1.807, 2.05) is 38.1 Å². The molecule has 7 heteroatoms. The van der Waals surface area contributed by atoms with Crippen molar-refractivity contribution in [3.8, 4) is 5.75 Å². The molecule has 29 heavy (non-hydrogen) atoms. The van der Waals surface area contributed by atoms with Gasteiger partial charge < -0.3 is 15.8 Å². The SMILES string of the molecule is CCC1(CC)CC(=O)N(CC2C[C@H]2C(=O)N[C@H]2CCOc3ccccc32)C(N)=N1. The maximum atomic E-state index is 12.8. The Kier molecular flexibility index (Phi) is 5.23. The van der Waals surface area contributed by atoms with Crippen LogP contribution in [0.2, 0.25) is 0 Å². The number of carbonyl (C=O) groups is 2. The number of para-hydroxylation sites is 1. The highest BCUT2D eigenvalue weighted by Gasteiger charge is 2.47. The summed E-state index contributed by atoms with van der Waals surface area (Å²) in [6.45, 7) is 5.15. The van der Waals surface area contributed by atoms with Crippen molar-refractivity contribution in [3.63, 3.8) is 0 Å². The summed E-state index contributed by atoms with van der Waals surface area (Å²) in [5, 5.41) is 3.17. The molecular formula is C22H30N4O3. The van der Waals surface area contributed by atoms with Crippen LogP contribution in [-0.2, 0) is 9.59 Å². The minimum absolute atomic E-state index is 0.0191. The van der Waals surface area contributed by atoms with Crippen LogP contribution in [0.3, 0.4) is 0 Å². The van der Waals surface area contributed by atoms with E-state index >= 15 is 0 Å². The summed E-state index contributed by atoms with van der Waals surface area (Å²) >= 11 is 0. The molecule has 0 aromatic heterocycles. The number of fused-ring (bicyclic) bond motifs is 1. The van der Waals surface area contributed by atoms with E-state index < -0.39 is 0 Å². The molecule has 1 aromatic carbocycles. The Labute approximate surface area is 171 Å². The molecule has 0 radical (unpaired) electrons. The van der Waals surface area contributed by atoms with Crippen molar-refractivity contribution in [2.24, 2.45) is 22.6 Å². The minimum Gasteiger partial charge on any atom is -0.493 e. The maximum Gasteiger partial charge on any atom is 0.231 e. The third-order valence-electron chi connectivity index (χ3n) is 6.68. The number of amides is 2. The first kappa shape index (κ1) is 19.7. The van der Waals surface area contributed by atoms with Gasteiger partial charge in [-0.05, 0) is 31.2 Å². The number of nitrogens with zero attached hydrogens (tertiary/aromatic N) is 2. The highest BCUT2D eigenvalue weighted by Crippen LogP contribution is 2.41. The topological polar surface area (TPSA) is 97.0 Å². The van der Waals surface area contributed by atoms with Crippen molar-refractivity contribution in [1.29, 1.82) is 0 Å². The largest absolute Gasteiger partial charge is 0.493 e. The van der Waals surface area contributed by atoms with Crippen LogP contribution in [0.15, 0.2) is 29.3 Å². The Morgan fingerprint density at radius 3 is 2.83 bits per heavy atom. The number of hydrogen-bond donors (Lipinski definition) is 2. The van der Waals surface area contributed by atoms with Crippen molar-refractivity contribution in [2.75, 3.05) is 13.2 Å². The van der Waals surface area contributed by atoms with Crippen LogP contribution in [0.4, 0.5) is 0 Å². The first-order valence-electron chi connectivity index (χ1n) is 10.6. The second kappa shape index (κ2) is 7.69. The predicted molar refractivity (Wildman–Crippen MR) is 110 cm³/mol. The van der Waals surface area contributed by atoms with Crippen LogP contribution in [0.25, 0.3) is 0 Å². The molecular weight excluding hydrogens is 368 g/mol. The minimum atomic E-state index is -0.367. The Balaban J connectivity index is 1.36. The average molecular weight is 399 g/mol. The molecule has 0 bridgehead atoms. The summed E-state index contributed by atoms with van der Waals surface area (Å²) in [7, 11) is 0. The van der Waals surface area contributed by atoms with E-state index in [0.717, 1.165) is 37.0 Å². The molecule has 7 nitrogen and oxygen atoms in total. The molecule has 1 fully saturated rings. The first-order chi connectivity index (χ1) is 14.0. The summed E-state index contributed by atoms with van der Waals surface area (Å²) < 4.78 is 5.67. The van der Waals surface area contributed by atoms with Crippen LogP contribution in [0.5, 0.6) is 5.75 Å². The fourth-order valence-electron chi connectivity index (χ4n) is 4.48. The molecule has 0 spiro atoms. The Morgan fingerprint density at radius 2 is 2.10 bits per heavy atom. The molecule has 1 unspecified atom stereocenters. The smallest absolute Gasteiger partial charge is 0.231 e. The fourth-order valence-corrected chi connectivity index (χ4v) is 4.48. The van der Waals surface area contributed by atoms with Gasteiger partial charge in [0.05, 0.1) is 24.6 Å². The third-order valence-corrected chi connectivity index (χ3v) is 6.68. The van der Waals surface area contributed by atoms with Gasteiger partial charge in [0.1, 0.15) is 5.75 Å². The van der Waals surface area contributed by atoms with Crippen LogP contribution in [-0.4, -0.2) is 41.4 Å². The lowest BCUT2D eigenvalue weighted by Gasteiger charge is -2.36. The number of rotatable bonds is 6. The van der Waals surface area contributed by atoms with Crippen molar-refractivity contribution < 1.29 is 14.3 Å². The lowest BCUT2D eigenvalue weighted by atomic mass is 9.88. The Bertz CT molecular complexity index is 833. The van der Waals surface area contributed by atoms with Gasteiger partial charge >= 0.3 is 0 Å². The Hall–Kier alpha value is -2.57. The molecule has 1 aliphatic carbocycles. The molecule has 2 heterocycles. The van der Waals surface area contributed by atoms with E-state index in [4.69, 9.17) is 10.5 Å². The van der Waals surface area contributed by atoms with Crippen molar-refractivity contribution in [3.05, 3.63) is 29.8 Å². The molecule has 3 aliphatic rings. The number of nitrogens with one attached hydrogen (secondary N) is 1. The summed E-state index contributed by atoms with van der Waals surface area (Å²) in [5.74, 6) is 1.27. The molecule has 156 valence electrons. The van der Waals surface area contributed by atoms with Gasteiger partial charge in [0.15, 0.2) is 5.96 Å². The number of carbonyl (C=O) groups excluding carboxylic acids is 2. The quantitative estimate of drug-likeness (QED) is 0.769. The van der Waals surface area contributed by atoms with Crippen molar-refractivity contribution in [2.45, 2.75) is 57.5 Å². The van der Waals surface area contributed by atoms with Crippen LogP contribution in [0, 0.1) is 11.8 Å². The summed E-state index contributed by atoms with van der Waals surface area (Å²) in [4.78, 5) is 31.7. The molecule has 1 aromatic rings. The fraction of sp³-hybridized carbons (Fsp3) is 0.591. The number of ether oxygens (including phenoxy) is 1. The molecule has 2 amide bonds. The van der Waals surface area contributed by atoms with Crippen molar-refractivity contribution >= 4 is 17.8 Å². The van der Waals surface area contributed by atoms with E-state index in [9.17, 15) is 9.59 Å². The zero-order chi connectivity index (χ0) is 20.6. The number of guanidine groups is 1. The molecule has 3 N–H and O–H groups in total. The predicted octanol–water partition coefficient (Wildman–Crippen LogP) is 2.37. The molecule has 3 atom stereocenters. The van der Waals surface area contributed by atoms with Crippen LogP contribution < -0.4 is 15.8 Å². The van der Waals surface area contributed by atoms with Gasteiger partial charge in [0.2, 0.25) is 11.8 Å². The zero-order valence-electron chi connectivity index (χ0n) is 17.2. The maximum absolute atomic E-state index is 12.8.